The summed E-state index contributed by atoms with van der Waals surface area (Å²) >= 11 is 1.47. The maximum Gasteiger partial charge on any atom is 0.360 e. The predicted molar refractivity (Wildman–Crippen MR) is 72.5 cm³/mol. The van der Waals surface area contributed by atoms with Crippen molar-refractivity contribution in [3.63, 3.8) is 0 Å². The summed E-state index contributed by atoms with van der Waals surface area (Å²) in [6.07, 6.45) is 1.56. The number of aromatic nitrogens is 3. The first kappa shape index (κ1) is 11.7. The fourth-order valence-corrected chi connectivity index (χ4v) is 2.59. The number of para-hydroxylation sites is 1. The number of hydrogen-bond donors (Lipinski definition) is 1. The molecule has 0 bridgehead atoms. The highest BCUT2D eigenvalue weighted by Gasteiger charge is 2.17. The molecule has 0 aliphatic rings. The van der Waals surface area contributed by atoms with Crippen LogP contribution in [0.2, 0.25) is 0 Å². The van der Waals surface area contributed by atoms with E-state index in [4.69, 9.17) is 5.73 Å². The van der Waals surface area contributed by atoms with Gasteiger partial charge in [0.1, 0.15) is 0 Å². The van der Waals surface area contributed by atoms with Gasteiger partial charge in [0.05, 0.1) is 29.2 Å². The summed E-state index contributed by atoms with van der Waals surface area (Å²) in [6.45, 7) is 0. The minimum Gasteiger partial charge on any atom is -0.464 e. The molecule has 0 radical (unpaired) electrons. The van der Waals surface area contributed by atoms with Crippen LogP contribution in [-0.2, 0) is 4.74 Å². The number of nitrogens with two attached hydrogens (primary N) is 1. The van der Waals surface area contributed by atoms with Crippen molar-refractivity contribution in [2.45, 2.75) is 0 Å². The van der Waals surface area contributed by atoms with E-state index < -0.39 is 5.97 Å². The molecule has 0 aliphatic heterocycles. The highest BCUT2D eigenvalue weighted by molar-refractivity contribution is 7.20. The van der Waals surface area contributed by atoms with E-state index >= 15 is 0 Å². The van der Waals surface area contributed by atoms with Crippen LogP contribution in [0.1, 0.15) is 10.5 Å². The summed E-state index contributed by atoms with van der Waals surface area (Å²) in [5.41, 5.74) is 7.00. The first-order valence-corrected chi connectivity index (χ1v) is 6.30. The zero-order valence-electron chi connectivity index (χ0n) is 10.0. The molecule has 19 heavy (non-hydrogen) atoms. The molecule has 0 saturated carbocycles. The fraction of sp³-hybridized carbons (Fsp3) is 0.0833. The van der Waals surface area contributed by atoms with Crippen molar-refractivity contribution in [3.05, 3.63) is 36.2 Å². The number of nitrogen functional groups attached to an aromatic ring is 1. The predicted octanol–water partition coefficient (Wildman–Crippen LogP) is 1.85. The molecule has 2 heterocycles. The Hall–Kier alpha value is -2.41. The lowest BCUT2D eigenvalue weighted by Gasteiger charge is -1.94. The van der Waals surface area contributed by atoms with Crippen molar-refractivity contribution < 1.29 is 9.53 Å². The van der Waals surface area contributed by atoms with Gasteiger partial charge in [-0.2, -0.15) is 5.10 Å². The highest BCUT2D eigenvalue weighted by Crippen LogP contribution is 2.25. The highest BCUT2D eigenvalue weighted by atomic mass is 32.1. The summed E-state index contributed by atoms with van der Waals surface area (Å²) < 4.78 is 7.15. The maximum atomic E-state index is 11.5. The van der Waals surface area contributed by atoms with Gasteiger partial charge in [-0.05, 0) is 12.1 Å². The third-order valence-electron chi connectivity index (χ3n) is 2.60. The van der Waals surface area contributed by atoms with Crippen LogP contribution in [0.3, 0.4) is 0 Å². The molecule has 0 unspecified atom stereocenters. The van der Waals surface area contributed by atoms with Crippen molar-refractivity contribution in [1.29, 1.82) is 0 Å². The quantitative estimate of drug-likeness (QED) is 0.721. The lowest BCUT2D eigenvalue weighted by molar-refractivity contribution is 0.0594. The fourth-order valence-electron chi connectivity index (χ4n) is 1.70. The molecular weight excluding hydrogens is 264 g/mol. The van der Waals surface area contributed by atoms with E-state index in [1.165, 1.54) is 23.1 Å². The molecule has 3 aromatic rings. The van der Waals surface area contributed by atoms with E-state index in [0.717, 1.165) is 10.2 Å². The second-order valence-corrected chi connectivity index (χ2v) is 4.84. The Labute approximate surface area is 112 Å². The first-order valence-electron chi connectivity index (χ1n) is 5.48. The molecule has 0 atom stereocenters. The first-order chi connectivity index (χ1) is 9.19. The van der Waals surface area contributed by atoms with Crippen LogP contribution in [-0.4, -0.2) is 27.8 Å². The van der Waals surface area contributed by atoms with Crippen LogP contribution < -0.4 is 5.73 Å². The Balaban J connectivity index is 2.09. The molecule has 0 spiro atoms. The van der Waals surface area contributed by atoms with Gasteiger partial charge < -0.3 is 10.5 Å². The standard InChI is InChI=1S/C12H10N4O2S/c1-18-11(17)10-7(13)6-16(15-10)12-14-8-4-2-3-5-9(8)19-12/h2-6H,13H2,1H3. The van der Waals surface area contributed by atoms with Crippen LogP contribution in [0.15, 0.2) is 30.5 Å². The van der Waals surface area contributed by atoms with Crippen molar-refractivity contribution in [3.8, 4) is 5.13 Å². The topological polar surface area (TPSA) is 83.0 Å². The maximum absolute atomic E-state index is 11.5. The number of thiazole rings is 1. The Morgan fingerprint density at radius 3 is 2.95 bits per heavy atom. The molecule has 0 amide bonds. The summed E-state index contributed by atoms with van der Waals surface area (Å²) in [4.78, 5) is 15.9. The second kappa shape index (κ2) is 4.36. The zero-order chi connectivity index (χ0) is 13.4. The number of methoxy groups -OCH3 is 1. The lowest BCUT2D eigenvalue weighted by atomic mass is 10.3. The minimum absolute atomic E-state index is 0.0988. The molecule has 0 aliphatic carbocycles. The van der Waals surface area contributed by atoms with Gasteiger partial charge in [-0.3, -0.25) is 0 Å². The van der Waals surface area contributed by atoms with E-state index in [2.05, 4.69) is 14.8 Å². The molecule has 96 valence electrons. The van der Waals surface area contributed by atoms with E-state index in [1.54, 1.807) is 6.20 Å². The minimum atomic E-state index is -0.558. The van der Waals surface area contributed by atoms with Gasteiger partial charge in [0.25, 0.3) is 0 Å². The average molecular weight is 274 g/mol. The smallest absolute Gasteiger partial charge is 0.360 e. The van der Waals surface area contributed by atoms with E-state index in [1.807, 2.05) is 24.3 Å². The number of benzene rings is 1. The van der Waals surface area contributed by atoms with Gasteiger partial charge in [-0.15, -0.1) is 0 Å². The Morgan fingerprint density at radius 1 is 1.42 bits per heavy atom. The van der Waals surface area contributed by atoms with Crippen LogP contribution in [0.4, 0.5) is 5.69 Å². The number of fused-ring (bicyclic) bond motifs is 1. The van der Waals surface area contributed by atoms with Gasteiger partial charge in [0.15, 0.2) is 5.69 Å². The zero-order valence-corrected chi connectivity index (χ0v) is 10.8. The number of esters is 1. The van der Waals surface area contributed by atoms with Crippen LogP contribution in [0, 0.1) is 0 Å². The SMILES string of the molecule is COC(=O)c1nn(-c2nc3ccccc3s2)cc1N. The van der Waals surface area contributed by atoms with E-state index in [0.29, 0.717) is 5.13 Å². The summed E-state index contributed by atoms with van der Waals surface area (Å²) in [7, 11) is 1.29. The van der Waals surface area contributed by atoms with Gasteiger partial charge in [0.2, 0.25) is 5.13 Å². The van der Waals surface area contributed by atoms with E-state index in [-0.39, 0.29) is 11.4 Å². The monoisotopic (exact) mass is 274 g/mol. The summed E-state index contributed by atoms with van der Waals surface area (Å²) in [5, 5.41) is 4.77. The Bertz CT molecular complexity index is 729. The number of anilines is 1. The third-order valence-corrected chi connectivity index (χ3v) is 3.63. The second-order valence-electron chi connectivity index (χ2n) is 3.83. The third kappa shape index (κ3) is 1.93. The number of carbonyl (C=O) groups is 1. The normalized spacial score (nSPS) is 10.8. The Kier molecular flexibility index (Phi) is 2.68. The van der Waals surface area contributed by atoms with Crippen LogP contribution >= 0.6 is 11.3 Å². The summed E-state index contributed by atoms with van der Waals surface area (Å²) in [5.74, 6) is -0.558. The molecule has 1 aromatic carbocycles. The molecule has 3 rings (SSSR count). The lowest BCUT2D eigenvalue weighted by Crippen LogP contribution is -2.05. The molecule has 2 N–H and O–H groups in total. The van der Waals surface area contributed by atoms with E-state index in [9.17, 15) is 4.79 Å². The van der Waals surface area contributed by atoms with Gasteiger partial charge in [-0.25, -0.2) is 14.5 Å². The Morgan fingerprint density at radius 2 is 2.21 bits per heavy atom. The molecule has 7 heteroatoms. The number of carbonyl (C=O) groups excluding carboxylic acids is 1. The number of ether oxygens (including phenoxy) is 1. The average Bonchev–Trinajstić information content (AvgIpc) is 3.00. The van der Waals surface area contributed by atoms with Crippen LogP contribution in [0.25, 0.3) is 15.3 Å². The number of nitrogens with zero attached hydrogens (tertiary/aromatic N) is 3. The number of rotatable bonds is 2. The molecule has 2 aromatic heterocycles. The molecule has 0 saturated heterocycles. The largest absolute Gasteiger partial charge is 0.464 e. The number of hydrogen-bond acceptors (Lipinski definition) is 6. The molecule has 0 fully saturated rings. The van der Waals surface area contributed by atoms with Crippen molar-refractivity contribution in [2.75, 3.05) is 12.8 Å². The van der Waals surface area contributed by atoms with Crippen LogP contribution in [0.5, 0.6) is 0 Å². The van der Waals surface area contributed by atoms with Crippen molar-refractivity contribution in [1.82, 2.24) is 14.8 Å². The van der Waals surface area contributed by atoms with Gasteiger partial charge >= 0.3 is 5.97 Å². The molecular formula is C12H10N4O2S. The van der Waals surface area contributed by atoms with Crippen molar-refractivity contribution >= 4 is 33.2 Å². The van der Waals surface area contributed by atoms with Gasteiger partial charge in [-0.1, -0.05) is 23.5 Å². The van der Waals surface area contributed by atoms with Gasteiger partial charge in [0, 0.05) is 0 Å². The van der Waals surface area contributed by atoms with Crippen molar-refractivity contribution in [2.24, 2.45) is 0 Å². The molecule has 6 nitrogen and oxygen atoms in total. The summed E-state index contributed by atoms with van der Waals surface area (Å²) in [6, 6.07) is 7.76.